The number of methoxy groups -OCH3 is 1. The summed E-state index contributed by atoms with van der Waals surface area (Å²) in [6.45, 7) is 1.41. The third-order valence-electron chi connectivity index (χ3n) is 2.67. The van der Waals surface area contributed by atoms with E-state index in [-0.39, 0.29) is 11.8 Å². The first-order valence-corrected chi connectivity index (χ1v) is 6.99. The van der Waals surface area contributed by atoms with Gasteiger partial charge in [0.05, 0.1) is 18.5 Å². The molecular weight excluding hydrogens is 290 g/mol. The topological polar surface area (TPSA) is 93.5 Å². The summed E-state index contributed by atoms with van der Waals surface area (Å²) in [5, 5.41) is 7.13. The molecule has 7 heteroatoms. The summed E-state index contributed by atoms with van der Waals surface area (Å²) in [5.41, 5.74) is 7.18. The van der Waals surface area contributed by atoms with Crippen LogP contribution in [0.25, 0.3) is 0 Å². The minimum Gasteiger partial charge on any atom is -0.495 e. The molecule has 1 aromatic carbocycles. The Hall–Kier alpha value is -2.54. The van der Waals surface area contributed by atoms with Crippen LogP contribution in [0.15, 0.2) is 29.6 Å². The van der Waals surface area contributed by atoms with Crippen molar-refractivity contribution in [2.75, 3.05) is 23.5 Å². The van der Waals surface area contributed by atoms with E-state index in [1.54, 1.807) is 29.6 Å². The number of hydrogen-bond acceptors (Lipinski definition) is 5. The van der Waals surface area contributed by atoms with E-state index in [9.17, 15) is 9.59 Å². The molecular formula is C14H15N3O3S. The molecule has 1 aromatic heterocycles. The van der Waals surface area contributed by atoms with E-state index in [1.807, 2.05) is 0 Å². The number of nitrogens with one attached hydrogen (secondary N) is 2. The molecule has 0 aliphatic heterocycles. The predicted octanol–water partition coefficient (Wildman–Crippen LogP) is 2.55. The number of amides is 2. The number of carbonyl (C=O) groups is 2. The first kappa shape index (κ1) is 14.9. The van der Waals surface area contributed by atoms with E-state index in [0.29, 0.717) is 27.7 Å². The molecule has 0 radical (unpaired) electrons. The Balaban J connectivity index is 2.27. The fourth-order valence-electron chi connectivity index (χ4n) is 1.77. The fraction of sp³-hybridized carbons (Fsp3) is 0.143. The molecule has 0 fully saturated rings. The normalized spacial score (nSPS) is 10.0. The van der Waals surface area contributed by atoms with Crippen molar-refractivity contribution in [3.63, 3.8) is 0 Å². The smallest absolute Gasteiger partial charge is 0.267 e. The van der Waals surface area contributed by atoms with Gasteiger partial charge in [-0.05, 0) is 29.6 Å². The largest absolute Gasteiger partial charge is 0.495 e. The van der Waals surface area contributed by atoms with Crippen molar-refractivity contribution in [1.29, 1.82) is 0 Å². The Morgan fingerprint density at radius 3 is 2.57 bits per heavy atom. The van der Waals surface area contributed by atoms with Gasteiger partial charge in [0, 0.05) is 12.6 Å². The number of nitrogens with two attached hydrogens (primary N) is 1. The van der Waals surface area contributed by atoms with Gasteiger partial charge in [0.25, 0.3) is 5.91 Å². The van der Waals surface area contributed by atoms with Crippen LogP contribution in [0.4, 0.5) is 17.1 Å². The quantitative estimate of drug-likeness (QED) is 0.809. The van der Waals surface area contributed by atoms with Gasteiger partial charge in [0.15, 0.2) is 0 Å². The summed E-state index contributed by atoms with van der Waals surface area (Å²) in [6.07, 6.45) is 0. The summed E-state index contributed by atoms with van der Waals surface area (Å²) >= 11 is 1.26. The third kappa shape index (κ3) is 3.51. The first-order chi connectivity index (χ1) is 10.0. The Morgan fingerprint density at radius 2 is 2.00 bits per heavy atom. The monoisotopic (exact) mass is 305 g/mol. The molecule has 2 rings (SSSR count). The molecule has 0 atom stereocenters. The van der Waals surface area contributed by atoms with Crippen LogP contribution in [0.2, 0.25) is 0 Å². The van der Waals surface area contributed by atoms with Crippen LogP contribution < -0.4 is 21.1 Å². The second-order valence-corrected chi connectivity index (χ2v) is 5.17. The molecule has 21 heavy (non-hydrogen) atoms. The van der Waals surface area contributed by atoms with Gasteiger partial charge < -0.3 is 21.1 Å². The standard InChI is InChI=1S/C14H15N3O3S/c1-8(18)16-9-3-4-12(20-2)11(7-9)17-14(19)13-10(15)5-6-21-13/h3-7H,15H2,1-2H3,(H,16,18)(H,17,19). The lowest BCUT2D eigenvalue weighted by Crippen LogP contribution is -2.13. The van der Waals surface area contributed by atoms with E-state index in [1.165, 1.54) is 25.4 Å². The van der Waals surface area contributed by atoms with Gasteiger partial charge in [0.2, 0.25) is 5.91 Å². The van der Waals surface area contributed by atoms with E-state index in [0.717, 1.165) is 0 Å². The zero-order valence-corrected chi connectivity index (χ0v) is 12.4. The number of nitrogen functional groups attached to an aromatic ring is 1. The lowest BCUT2D eigenvalue weighted by atomic mass is 10.2. The summed E-state index contributed by atoms with van der Waals surface area (Å²) in [7, 11) is 1.50. The number of ether oxygens (including phenoxy) is 1. The molecule has 1 heterocycles. The number of carbonyl (C=O) groups excluding carboxylic acids is 2. The SMILES string of the molecule is COc1ccc(NC(C)=O)cc1NC(=O)c1sccc1N. The predicted molar refractivity (Wildman–Crippen MR) is 84.0 cm³/mol. The van der Waals surface area contributed by atoms with Crippen molar-refractivity contribution >= 4 is 40.2 Å². The zero-order valence-electron chi connectivity index (χ0n) is 11.6. The second kappa shape index (κ2) is 6.27. The summed E-state index contributed by atoms with van der Waals surface area (Å²) in [4.78, 5) is 23.7. The van der Waals surface area contributed by atoms with Crippen molar-refractivity contribution in [2.24, 2.45) is 0 Å². The lowest BCUT2D eigenvalue weighted by Gasteiger charge is -2.12. The number of thiophene rings is 1. The van der Waals surface area contributed by atoms with Gasteiger partial charge in [-0.3, -0.25) is 9.59 Å². The highest BCUT2D eigenvalue weighted by atomic mass is 32.1. The molecule has 0 saturated heterocycles. The van der Waals surface area contributed by atoms with Crippen LogP contribution >= 0.6 is 11.3 Å². The van der Waals surface area contributed by atoms with E-state index < -0.39 is 0 Å². The molecule has 0 saturated carbocycles. The van der Waals surface area contributed by atoms with Crippen LogP contribution in [0.5, 0.6) is 5.75 Å². The van der Waals surface area contributed by atoms with Crippen LogP contribution in [0.1, 0.15) is 16.6 Å². The minimum atomic E-state index is -0.319. The van der Waals surface area contributed by atoms with Crippen molar-refractivity contribution in [3.05, 3.63) is 34.5 Å². The first-order valence-electron chi connectivity index (χ1n) is 6.11. The highest BCUT2D eigenvalue weighted by Crippen LogP contribution is 2.29. The van der Waals surface area contributed by atoms with Crippen LogP contribution in [-0.4, -0.2) is 18.9 Å². The third-order valence-corrected chi connectivity index (χ3v) is 3.60. The van der Waals surface area contributed by atoms with Crippen LogP contribution in [0, 0.1) is 0 Å². The highest BCUT2D eigenvalue weighted by molar-refractivity contribution is 7.12. The fourth-order valence-corrected chi connectivity index (χ4v) is 2.48. The van der Waals surface area contributed by atoms with Gasteiger partial charge in [-0.2, -0.15) is 0 Å². The zero-order chi connectivity index (χ0) is 15.4. The molecule has 4 N–H and O–H groups in total. The molecule has 6 nitrogen and oxygen atoms in total. The van der Waals surface area contributed by atoms with Gasteiger partial charge in [-0.25, -0.2) is 0 Å². The van der Waals surface area contributed by atoms with Crippen LogP contribution in [0.3, 0.4) is 0 Å². The van der Waals surface area contributed by atoms with Gasteiger partial charge in [-0.15, -0.1) is 11.3 Å². The molecule has 2 aromatic rings. The lowest BCUT2D eigenvalue weighted by molar-refractivity contribution is -0.114. The van der Waals surface area contributed by atoms with Gasteiger partial charge >= 0.3 is 0 Å². The molecule has 110 valence electrons. The van der Waals surface area contributed by atoms with Gasteiger partial charge in [0.1, 0.15) is 10.6 Å². The van der Waals surface area contributed by atoms with Crippen molar-refractivity contribution < 1.29 is 14.3 Å². The van der Waals surface area contributed by atoms with Crippen molar-refractivity contribution in [1.82, 2.24) is 0 Å². The molecule has 0 spiro atoms. The van der Waals surface area contributed by atoms with E-state index in [2.05, 4.69) is 10.6 Å². The number of rotatable bonds is 4. The summed E-state index contributed by atoms with van der Waals surface area (Å²) in [5.74, 6) is -0.0201. The molecule has 2 amide bonds. The second-order valence-electron chi connectivity index (χ2n) is 4.26. The van der Waals surface area contributed by atoms with Crippen molar-refractivity contribution in [2.45, 2.75) is 6.92 Å². The maximum Gasteiger partial charge on any atom is 0.267 e. The number of hydrogen-bond donors (Lipinski definition) is 3. The van der Waals surface area contributed by atoms with Gasteiger partial charge in [-0.1, -0.05) is 0 Å². The summed E-state index contributed by atoms with van der Waals surface area (Å²) in [6, 6.07) is 6.65. The summed E-state index contributed by atoms with van der Waals surface area (Å²) < 4.78 is 5.20. The van der Waals surface area contributed by atoms with Crippen LogP contribution in [-0.2, 0) is 4.79 Å². The molecule has 0 aliphatic carbocycles. The minimum absolute atomic E-state index is 0.194. The average molecular weight is 305 g/mol. The number of benzene rings is 1. The Labute approximate surface area is 125 Å². The van der Waals surface area contributed by atoms with E-state index >= 15 is 0 Å². The Bertz CT molecular complexity index is 682. The Morgan fingerprint density at radius 1 is 1.24 bits per heavy atom. The maximum absolute atomic E-state index is 12.2. The highest BCUT2D eigenvalue weighted by Gasteiger charge is 2.14. The van der Waals surface area contributed by atoms with E-state index in [4.69, 9.17) is 10.5 Å². The maximum atomic E-state index is 12.2. The molecule has 0 unspecified atom stereocenters. The Kier molecular flexibility index (Phi) is 4.44. The van der Waals surface area contributed by atoms with Crippen molar-refractivity contribution in [3.8, 4) is 5.75 Å². The molecule has 0 aliphatic rings. The molecule has 0 bridgehead atoms. The number of anilines is 3. The average Bonchev–Trinajstić information content (AvgIpc) is 2.84.